The number of hydrogen-bond donors (Lipinski definition) is 0. The number of anilines is 1. The summed E-state index contributed by atoms with van der Waals surface area (Å²) in [5, 5.41) is 3.37. The highest BCUT2D eigenvalue weighted by Crippen LogP contribution is 2.29. The lowest BCUT2D eigenvalue weighted by Crippen LogP contribution is -2.30. The number of carbonyl (C=O) groups is 1. The van der Waals surface area contributed by atoms with E-state index in [1.54, 1.807) is 22.7 Å². The second-order valence-electron chi connectivity index (χ2n) is 7.03. The van der Waals surface area contributed by atoms with E-state index >= 15 is 0 Å². The summed E-state index contributed by atoms with van der Waals surface area (Å²) in [6.45, 7) is 4.21. The number of rotatable bonds is 8. The van der Waals surface area contributed by atoms with E-state index in [9.17, 15) is 4.79 Å². The number of halogens is 1. The molecule has 0 aliphatic heterocycles. The highest BCUT2D eigenvalue weighted by Gasteiger charge is 2.20. The standard InChI is InChI=1S/C26H21ClN2OS2/c1-2-16-29(26-28-24(18-32-26)20-6-4-3-5-7-20)25(30)21-10-8-19(9-11-21)17-31-23-14-12-22(27)13-15-23/h2-15,18H,1,16-17H2. The predicted molar refractivity (Wildman–Crippen MR) is 137 cm³/mol. The Morgan fingerprint density at radius 2 is 1.75 bits per heavy atom. The van der Waals surface area contributed by atoms with Gasteiger partial charge in [0, 0.05) is 38.7 Å². The zero-order valence-electron chi connectivity index (χ0n) is 17.3. The van der Waals surface area contributed by atoms with Crippen LogP contribution < -0.4 is 4.90 Å². The second-order valence-corrected chi connectivity index (χ2v) is 9.35. The molecule has 0 saturated carbocycles. The normalized spacial score (nSPS) is 10.7. The van der Waals surface area contributed by atoms with E-state index < -0.39 is 0 Å². The van der Waals surface area contributed by atoms with E-state index in [1.807, 2.05) is 84.2 Å². The van der Waals surface area contributed by atoms with Crippen molar-refractivity contribution in [2.75, 3.05) is 11.4 Å². The molecule has 0 fully saturated rings. The van der Waals surface area contributed by atoms with E-state index in [2.05, 4.69) is 6.58 Å². The first-order valence-electron chi connectivity index (χ1n) is 10.0. The zero-order valence-corrected chi connectivity index (χ0v) is 19.7. The van der Waals surface area contributed by atoms with Crippen molar-refractivity contribution in [3.05, 3.63) is 113 Å². The van der Waals surface area contributed by atoms with Crippen LogP contribution in [-0.4, -0.2) is 17.4 Å². The van der Waals surface area contributed by atoms with E-state index in [-0.39, 0.29) is 5.91 Å². The Morgan fingerprint density at radius 3 is 2.44 bits per heavy atom. The van der Waals surface area contributed by atoms with Gasteiger partial charge >= 0.3 is 0 Å². The molecule has 3 nitrogen and oxygen atoms in total. The first-order chi connectivity index (χ1) is 15.6. The third-order valence-electron chi connectivity index (χ3n) is 4.77. The lowest BCUT2D eigenvalue weighted by Gasteiger charge is -2.18. The molecule has 3 aromatic carbocycles. The van der Waals surface area contributed by atoms with Gasteiger partial charge < -0.3 is 0 Å². The molecule has 0 atom stereocenters. The molecule has 0 radical (unpaired) electrons. The van der Waals surface area contributed by atoms with E-state index in [0.717, 1.165) is 32.5 Å². The van der Waals surface area contributed by atoms with Gasteiger partial charge in [-0.3, -0.25) is 9.69 Å². The van der Waals surface area contributed by atoms with Crippen LogP contribution in [0.5, 0.6) is 0 Å². The fourth-order valence-electron chi connectivity index (χ4n) is 3.10. The number of nitrogens with zero attached hydrogens (tertiary/aromatic N) is 2. The summed E-state index contributed by atoms with van der Waals surface area (Å²) >= 11 is 9.14. The summed E-state index contributed by atoms with van der Waals surface area (Å²) in [7, 11) is 0. The van der Waals surface area contributed by atoms with E-state index in [0.29, 0.717) is 17.2 Å². The maximum absolute atomic E-state index is 13.2. The zero-order chi connectivity index (χ0) is 22.3. The highest BCUT2D eigenvalue weighted by atomic mass is 35.5. The van der Waals surface area contributed by atoms with Crippen LogP contribution in [0.1, 0.15) is 15.9 Å². The average Bonchev–Trinajstić information content (AvgIpc) is 3.33. The van der Waals surface area contributed by atoms with Crippen LogP contribution in [0.25, 0.3) is 11.3 Å². The molecular formula is C26H21ClN2OS2. The van der Waals surface area contributed by atoms with Crippen LogP contribution in [0, 0.1) is 0 Å². The van der Waals surface area contributed by atoms with E-state index in [1.165, 1.54) is 11.3 Å². The van der Waals surface area contributed by atoms with Crippen LogP contribution in [-0.2, 0) is 5.75 Å². The average molecular weight is 477 g/mol. The molecule has 4 rings (SSSR count). The molecule has 1 aromatic heterocycles. The molecule has 4 aromatic rings. The van der Waals surface area contributed by atoms with Crippen LogP contribution in [0.4, 0.5) is 5.13 Å². The van der Waals surface area contributed by atoms with Crippen molar-refractivity contribution in [1.29, 1.82) is 0 Å². The molecule has 32 heavy (non-hydrogen) atoms. The fourth-order valence-corrected chi connectivity index (χ4v) is 4.93. The van der Waals surface area contributed by atoms with Crippen molar-refractivity contribution in [2.45, 2.75) is 10.6 Å². The van der Waals surface area contributed by atoms with Gasteiger partial charge in [0.05, 0.1) is 5.69 Å². The van der Waals surface area contributed by atoms with Gasteiger partial charge in [-0.2, -0.15) is 0 Å². The van der Waals surface area contributed by atoms with Gasteiger partial charge in [0.25, 0.3) is 5.91 Å². The number of amides is 1. The quantitative estimate of drug-likeness (QED) is 0.194. The predicted octanol–water partition coefficient (Wildman–Crippen LogP) is 7.59. The van der Waals surface area contributed by atoms with Crippen LogP contribution in [0.3, 0.4) is 0 Å². The molecule has 0 bridgehead atoms. The van der Waals surface area contributed by atoms with Crippen molar-refractivity contribution in [3.63, 3.8) is 0 Å². The van der Waals surface area contributed by atoms with Crippen molar-refractivity contribution in [2.24, 2.45) is 0 Å². The molecule has 0 unspecified atom stereocenters. The maximum atomic E-state index is 13.2. The lowest BCUT2D eigenvalue weighted by atomic mass is 10.1. The molecule has 0 aliphatic carbocycles. The van der Waals surface area contributed by atoms with Crippen LogP contribution >= 0.6 is 34.7 Å². The Labute approximate surface area is 201 Å². The fraction of sp³-hybridized carbons (Fsp3) is 0.0769. The van der Waals surface area contributed by atoms with Gasteiger partial charge in [0.15, 0.2) is 5.13 Å². The Balaban J connectivity index is 1.46. The summed E-state index contributed by atoms with van der Waals surface area (Å²) in [6.07, 6.45) is 1.72. The van der Waals surface area contributed by atoms with Gasteiger partial charge in [0.2, 0.25) is 0 Å². The van der Waals surface area contributed by atoms with Gasteiger partial charge in [-0.1, -0.05) is 60.1 Å². The molecular weight excluding hydrogens is 456 g/mol. The van der Waals surface area contributed by atoms with Crippen LogP contribution in [0.15, 0.2) is 102 Å². The third kappa shape index (κ3) is 5.49. The molecule has 160 valence electrons. The number of thiazole rings is 1. The topological polar surface area (TPSA) is 33.2 Å². The maximum Gasteiger partial charge on any atom is 0.260 e. The first kappa shape index (κ1) is 22.3. The second kappa shape index (κ2) is 10.6. The smallest absolute Gasteiger partial charge is 0.260 e. The molecule has 6 heteroatoms. The Bertz CT molecular complexity index is 1190. The minimum absolute atomic E-state index is 0.0873. The lowest BCUT2D eigenvalue weighted by molar-refractivity contribution is 0.0989. The largest absolute Gasteiger partial charge is 0.280 e. The molecule has 1 heterocycles. The van der Waals surface area contributed by atoms with Crippen molar-refractivity contribution >= 4 is 45.7 Å². The number of aromatic nitrogens is 1. The van der Waals surface area contributed by atoms with Gasteiger partial charge in [-0.05, 0) is 42.0 Å². The molecule has 1 amide bonds. The van der Waals surface area contributed by atoms with Crippen molar-refractivity contribution < 1.29 is 4.79 Å². The Kier molecular flexibility index (Phi) is 7.43. The van der Waals surface area contributed by atoms with E-state index in [4.69, 9.17) is 16.6 Å². The summed E-state index contributed by atoms with van der Waals surface area (Å²) in [5.74, 6) is 0.732. The summed E-state index contributed by atoms with van der Waals surface area (Å²) in [6, 6.07) is 25.5. The molecule has 0 N–H and O–H groups in total. The molecule has 0 aliphatic rings. The van der Waals surface area contributed by atoms with Gasteiger partial charge in [-0.15, -0.1) is 29.7 Å². The highest BCUT2D eigenvalue weighted by molar-refractivity contribution is 7.98. The monoisotopic (exact) mass is 476 g/mol. The van der Waals surface area contributed by atoms with Crippen molar-refractivity contribution in [3.8, 4) is 11.3 Å². The SMILES string of the molecule is C=CCN(C(=O)c1ccc(CSc2ccc(Cl)cc2)cc1)c1nc(-c2ccccc2)cs1. The van der Waals surface area contributed by atoms with Crippen molar-refractivity contribution in [1.82, 2.24) is 4.98 Å². The minimum Gasteiger partial charge on any atom is -0.280 e. The molecule has 0 saturated heterocycles. The number of hydrogen-bond acceptors (Lipinski definition) is 4. The van der Waals surface area contributed by atoms with Gasteiger partial charge in [0.1, 0.15) is 0 Å². The summed E-state index contributed by atoms with van der Waals surface area (Å²) in [4.78, 5) is 20.8. The number of carbonyl (C=O) groups excluding carboxylic acids is 1. The number of thioether (sulfide) groups is 1. The summed E-state index contributed by atoms with van der Waals surface area (Å²) in [5.41, 5.74) is 3.67. The first-order valence-corrected chi connectivity index (χ1v) is 12.3. The number of benzene rings is 3. The van der Waals surface area contributed by atoms with Crippen LogP contribution in [0.2, 0.25) is 5.02 Å². The minimum atomic E-state index is -0.0873. The van der Waals surface area contributed by atoms with Gasteiger partial charge in [-0.25, -0.2) is 4.98 Å². The molecule has 0 spiro atoms. The Morgan fingerprint density at radius 1 is 1.03 bits per heavy atom. The Hall–Kier alpha value is -2.86. The summed E-state index contributed by atoms with van der Waals surface area (Å²) < 4.78 is 0. The third-order valence-corrected chi connectivity index (χ3v) is 6.97.